The Morgan fingerprint density at radius 1 is 1.11 bits per heavy atom. The van der Waals surface area contributed by atoms with Gasteiger partial charge in [0.2, 0.25) is 6.79 Å². The highest BCUT2D eigenvalue weighted by Crippen LogP contribution is 2.37. The molecule has 96 valence electrons. The molecule has 4 nitrogen and oxygen atoms in total. The Kier molecular flexibility index (Phi) is 3.06. The van der Waals surface area contributed by atoms with Gasteiger partial charge in [0, 0.05) is 6.07 Å². The molecule has 0 spiro atoms. The number of hydrogen-bond donors (Lipinski definition) is 0. The monoisotopic (exact) mass is 256 g/mol. The van der Waals surface area contributed by atoms with Crippen LogP contribution in [0, 0.1) is 0 Å². The molecule has 2 aromatic carbocycles. The molecular weight excluding hydrogens is 244 g/mol. The Labute approximate surface area is 110 Å². The van der Waals surface area contributed by atoms with Crippen molar-refractivity contribution in [3.05, 3.63) is 53.6 Å². The zero-order valence-corrected chi connectivity index (χ0v) is 10.2. The van der Waals surface area contributed by atoms with E-state index >= 15 is 0 Å². The fourth-order valence-corrected chi connectivity index (χ4v) is 1.89. The quantitative estimate of drug-likeness (QED) is 0.789. The van der Waals surface area contributed by atoms with E-state index in [1.807, 2.05) is 30.3 Å². The fraction of sp³-hybridized carbons (Fsp3) is 0.133. The molecule has 0 atom stereocenters. The zero-order chi connectivity index (χ0) is 13.1. The van der Waals surface area contributed by atoms with Crippen molar-refractivity contribution in [3.63, 3.8) is 0 Å². The second-order valence-corrected chi connectivity index (χ2v) is 4.14. The molecule has 1 heterocycles. The largest absolute Gasteiger partial charge is 0.488 e. The molecule has 0 radical (unpaired) electrons. The zero-order valence-electron chi connectivity index (χ0n) is 10.2. The van der Waals surface area contributed by atoms with Crippen LogP contribution in [0.2, 0.25) is 0 Å². The maximum absolute atomic E-state index is 11.1. The van der Waals surface area contributed by atoms with E-state index in [1.54, 1.807) is 12.1 Å². The van der Waals surface area contributed by atoms with E-state index < -0.39 is 0 Å². The third-order valence-electron chi connectivity index (χ3n) is 2.87. The third kappa shape index (κ3) is 2.38. The lowest BCUT2D eigenvalue weighted by molar-refractivity contribution is 0.111. The second kappa shape index (κ2) is 5.02. The summed E-state index contributed by atoms with van der Waals surface area (Å²) >= 11 is 0. The molecule has 0 saturated heterocycles. The highest BCUT2D eigenvalue weighted by atomic mass is 16.7. The molecule has 3 rings (SSSR count). The normalized spacial score (nSPS) is 12.2. The molecule has 2 aromatic rings. The van der Waals surface area contributed by atoms with Crippen LogP contribution in [0.15, 0.2) is 42.5 Å². The summed E-state index contributed by atoms with van der Waals surface area (Å²) in [6.45, 7) is 0.580. The van der Waals surface area contributed by atoms with Crippen LogP contribution in [0.5, 0.6) is 17.2 Å². The number of carbonyl (C=O) groups excluding carboxylic acids is 1. The van der Waals surface area contributed by atoms with Gasteiger partial charge in [0.15, 0.2) is 17.8 Å². The Bertz CT molecular complexity index is 593. The van der Waals surface area contributed by atoms with Crippen molar-refractivity contribution in [1.29, 1.82) is 0 Å². The van der Waals surface area contributed by atoms with E-state index in [0.717, 1.165) is 11.8 Å². The summed E-state index contributed by atoms with van der Waals surface area (Å²) in [6, 6.07) is 13.1. The summed E-state index contributed by atoms with van der Waals surface area (Å²) in [5.41, 5.74) is 1.50. The van der Waals surface area contributed by atoms with Gasteiger partial charge in [0.1, 0.15) is 12.4 Å². The van der Waals surface area contributed by atoms with Gasteiger partial charge >= 0.3 is 0 Å². The first-order chi connectivity index (χ1) is 9.36. The minimum absolute atomic E-state index is 0.176. The van der Waals surface area contributed by atoms with Gasteiger partial charge in [-0.15, -0.1) is 0 Å². The molecule has 0 N–H and O–H groups in total. The predicted octanol–water partition coefficient (Wildman–Crippen LogP) is 2.81. The first kappa shape index (κ1) is 11.6. The van der Waals surface area contributed by atoms with Crippen LogP contribution in [0.3, 0.4) is 0 Å². The Balaban J connectivity index is 1.82. The van der Waals surface area contributed by atoms with Gasteiger partial charge in [-0.1, -0.05) is 30.3 Å². The standard InChI is InChI=1S/C15H12O4/c16-8-12-6-14-15(19-10-18-14)7-13(12)17-9-11-4-2-1-3-5-11/h1-8H,9-10H2. The average Bonchev–Trinajstić information content (AvgIpc) is 2.92. The van der Waals surface area contributed by atoms with Crippen molar-refractivity contribution in [2.45, 2.75) is 6.61 Å². The van der Waals surface area contributed by atoms with Crippen molar-refractivity contribution in [2.75, 3.05) is 6.79 Å². The van der Waals surface area contributed by atoms with Crippen LogP contribution < -0.4 is 14.2 Å². The van der Waals surface area contributed by atoms with Crippen LogP contribution in [0.4, 0.5) is 0 Å². The molecule has 1 aliphatic rings. The van der Waals surface area contributed by atoms with E-state index in [1.165, 1.54) is 0 Å². The lowest BCUT2D eigenvalue weighted by atomic mass is 10.2. The van der Waals surface area contributed by atoms with Crippen molar-refractivity contribution in [2.24, 2.45) is 0 Å². The number of hydrogen-bond acceptors (Lipinski definition) is 4. The summed E-state index contributed by atoms with van der Waals surface area (Å²) in [4.78, 5) is 11.1. The topological polar surface area (TPSA) is 44.8 Å². The molecule has 0 aliphatic carbocycles. The van der Waals surface area contributed by atoms with E-state index in [4.69, 9.17) is 14.2 Å². The number of rotatable bonds is 4. The summed E-state index contributed by atoms with van der Waals surface area (Å²) in [5, 5.41) is 0. The number of aldehydes is 1. The third-order valence-corrected chi connectivity index (χ3v) is 2.87. The molecule has 0 amide bonds. The smallest absolute Gasteiger partial charge is 0.231 e. The highest BCUT2D eigenvalue weighted by molar-refractivity contribution is 5.81. The minimum atomic E-state index is 0.176. The average molecular weight is 256 g/mol. The summed E-state index contributed by atoms with van der Waals surface area (Å²) in [5.74, 6) is 1.69. The predicted molar refractivity (Wildman–Crippen MR) is 68.7 cm³/mol. The Hall–Kier alpha value is -2.49. The van der Waals surface area contributed by atoms with Crippen LogP contribution >= 0.6 is 0 Å². The van der Waals surface area contributed by atoms with Crippen molar-refractivity contribution < 1.29 is 19.0 Å². The highest BCUT2D eigenvalue weighted by Gasteiger charge is 2.17. The lowest BCUT2D eigenvalue weighted by Gasteiger charge is -2.09. The SMILES string of the molecule is O=Cc1cc2c(cc1OCc1ccccc1)OCO2. The first-order valence-electron chi connectivity index (χ1n) is 5.92. The van der Waals surface area contributed by atoms with Gasteiger partial charge in [0.25, 0.3) is 0 Å². The van der Waals surface area contributed by atoms with Crippen LogP contribution in [0.1, 0.15) is 15.9 Å². The summed E-state index contributed by atoms with van der Waals surface area (Å²) < 4.78 is 16.2. The van der Waals surface area contributed by atoms with E-state index in [2.05, 4.69) is 0 Å². The minimum Gasteiger partial charge on any atom is -0.488 e. The molecular formula is C15H12O4. The van der Waals surface area contributed by atoms with E-state index in [0.29, 0.717) is 29.4 Å². The molecule has 4 heteroatoms. The maximum Gasteiger partial charge on any atom is 0.231 e. The molecule has 0 saturated carbocycles. The van der Waals surface area contributed by atoms with E-state index in [9.17, 15) is 4.79 Å². The molecule has 0 unspecified atom stereocenters. The van der Waals surface area contributed by atoms with Gasteiger partial charge in [-0.2, -0.15) is 0 Å². The fourth-order valence-electron chi connectivity index (χ4n) is 1.89. The van der Waals surface area contributed by atoms with Crippen LogP contribution in [-0.4, -0.2) is 13.1 Å². The van der Waals surface area contributed by atoms with E-state index in [-0.39, 0.29) is 6.79 Å². The first-order valence-corrected chi connectivity index (χ1v) is 5.92. The van der Waals surface area contributed by atoms with Gasteiger partial charge in [0.05, 0.1) is 5.56 Å². The van der Waals surface area contributed by atoms with Gasteiger partial charge in [-0.3, -0.25) is 4.79 Å². The molecule has 0 aromatic heterocycles. The molecule has 19 heavy (non-hydrogen) atoms. The number of benzene rings is 2. The van der Waals surface area contributed by atoms with Gasteiger partial charge in [-0.25, -0.2) is 0 Å². The van der Waals surface area contributed by atoms with Crippen LogP contribution in [0.25, 0.3) is 0 Å². The van der Waals surface area contributed by atoms with Crippen LogP contribution in [-0.2, 0) is 6.61 Å². The van der Waals surface area contributed by atoms with Gasteiger partial charge < -0.3 is 14.2 Å². The van der Waals surface area contributed by atoms with Gasteiger partial charge in [-0.05, 0) is 11.6 Å². The van der Waals surface area contributed by atoms with Crippen molar-refractivity contribution in [3.8, 4) is 17.2 Å². The molecule has 0 bridgehead atoms. The Morgan fingerprint density at radius 3 is 2.58 bits per heavy atom. The van der Waals surface area contributed by atoms with Crippen molar-refractivity contribution >= 4 is 6.29 Å². The number of carbonyl (C=O) groups is 1. The number of fused-ring (bicyclic) bond motifs is 1. The molecule has 1 aliphatic heterocycles. The summed E-state index contributed by atoms with van der Waals surface area (Å²) in [6.07, 6.45) is 0.752. The molecule has 0 fully saturated rings. The number of ether oxygens (including phenoxy) is 3. The summed E-state index contributed by atoms with van der Waals surface area (Å²) in [7, 11) is 0. The lowest BCUT2D eigenvalue weighted by Crippen LogP contribution is -1.98. The second-order valence-electron chi connectivity index (χ2n) is 4.14. The Morgan fingerprint density at radius 2 is 1.84 bits per heavy atom. The maximum atomic E-state index is 11.1. The van der Waals surface area contributed by atoms with Crippen molar-refractivity contribution in [1.82, 2.24) is 0 Å².